The summed E-state index contributed by atoms with van der Waals surface area (Å²) in [5.41, 5.74) is 0.712. The van der Waals surface area contributed by atoms with Crippen LogP contribution in [0.4, 0.5) is 5.69 Å². The highest BCUT2D eigenvalue weighted by Gasteiger charge is 2.40. The lowest BCUT2D eigenvalue weighted by molar-refractivity contribution is 0.0669. The van der Waals surface area contributed by atoms with Crippen LogP contribution in [0, 0.1) is 0 Å². The van der Waals surface area contributed by atoms with Crippen molar-refractivity contribution in [3.63, 3.8) is 0 Å². The van der Waals surface area contributed by atoms with Crippen molar-refractivity contribution in [2.24, 2.45) is 0 Å². The molecule has 28 heavy (non-hydrogen) atoms. The van der Waals surface area contributed by atoms with Gasteiger partial charge in [-0.3, -0.25) is 9.59 Å². The zero-order valence-corrected chi connectivity index (χ0v) is 16.7. The van der Waals surface area contributed by atoms with Gasteiger partial charge in [-0.25, -0.2) is 9.97 Å². The van der Waals surface area contributed by atoms with Crippen LogP contribution in [0.25, 0.3) is 0 Å². The highest BCUT2D eigenvalue weighted by Crippen LogP contribution is 2.29. The molecule has 2 aliphatic rings. The van der Waals surface area contributed by atoms with Crippen LogP contribution in [0.5, 0.6) is 0 Å². The summed E-state index contributed by atoms with van der Waals surface area (Å²) < 4.78 is 0. The largest absolute Gasteiger partial charge is 0.330 e. The van der Waals surface area contributed by atoms with Gasteiger partial charge in [0.2, 0.25) is 0 Å². The van der Waals surface area contributed by atoms with Crippen LogP contribution in [0.2, 0.25) is 5.02 Å². The predicted molar refractivity (Wildman–Crippen MR) is 109 cm³/mol. The molecule has 2 unspecified atom stereocenters. The smallest absolute Gasteiger partial charge is 0.276 e. The average Bonchev–Trinajstić information content (AvgIpc) is 2.95. The number of benzene rings is 1. The Morgan fingerprint density at radius 3 is 2.46 bits per heavy atom. The van der Waals surface area contributed by atoms with Gasteiger partial charge in [-0.05, 0) is 50.1 Å². The van der Waals surface area contributed by atoms with E-state index in [1.165, 1.54) is 12.4 Å². The van der Waals surface area contributed by atoms with Crippen molar-refractivity contribution in [1.29, 1.82) is 0 Å². The number of halogens is 2. The lowest BCUT2D eigenvalue weighted by Crippen LogP contribution is -2.43. The van der Waals surface area contributed by atoms with Crippen molar-refractivity contribution in [3.8, 4) is 0 Å². The number of aromatic nitrogens is 2. The van der Waals surface area contributed by atoms with E-state index in [1.807, 2.05) is 4.90 Å². The molecule has 2 atom stereocenters. The van der Waals surface area contributed by atoms with Gasteiger partial charge < -0.3 is 15.5 Å². The van der Waals surface area contributed by atoms with Crippen LogP contribution < -0.4 is 10.6 Å². The Balaban J connectivity index is 0.00000225. The van der Waals surface area contributed by atoms with Gasteiger partial charge in [0, 0.05) is 41.7 Å². The summed E-state index contributed by atoms with van der Waals surface area (Å²) >= 11 is 5.87. The van der Waals surface area contributed by atoms with E-state index < -0.39 is 5.91 Å². The van der Waals surface area contributed by atoms with Crippen molar-refractivity contribution in [2.45, 2.75) is 31.3 Å². The third kappa shape index (κ3) is 4.11. The molecule has 2 amide bonds. The second-order valence-electron chi connectivity index (χ2n) is 6.80. The Morgan fingerprint density at radius 2 is 1.71 bits per heavy atom. The summed E-state index contributed by atoms with van der Waals surface area (Å²) in [6.07, 6.45) is 5.74. The molecule has 3 heterocycles. The molecule has 0 aliphatic carbocycles. The molecule has 2 N–H and O–H groups in total. The first-order valence-corrected chi connectivity index (χ1v) is 9.42. The van der Waals surface area contributed by atoms with Crippen LogP contribution in [0.15, 0.2) is 36.7 Å². The fourth-order valence-corrected chi connectivity index (χ4v) is 3.95. The van der Waals surface area contributed by atoms with Crippen molar-refractivity contribution in [1.82, 2.24) is 20.2 Å². The number of nitrogens with one attached hydrogen (secondary N) is 2. The zero-order valence-electron chi connectivity index (χ0n) is 15.1. The lowest BCUT2D eigenvalue weighted by atomic mass is 10.1. The number of anilines is 1. The second-order valence-corrected chi connectivity index (χ2v) is 7.24. The molecule has 2 bridgehead atoms. The maximum Gasteiger partial charge on any atom is 0.276 e. The Morgan fingerprint density at radius 1 is 1.04 bits per heavy atom. The average molecular weight is 422 g/mol. The predicted octanol–water partition coefficient (Wildman–Crippen LogP) is 2.77. The monoisotopic (exact) mass is 421 g/mol. The quantitative estimate of drug-likeness (QED) is 0.795. The Labute approximate surface area is 174 Å². The summed E-state index contributed by atoms with van der Waals surface area (Å²) in [5.74, 6) is -0.686. The molecule has 2 aliphatic heterocycles. The van der Waals surface area contributed by atoms with E-state index in [2.05, 4.69) is 20.6 Å². The summed E-state index contributed by atoms with van der Waals surface area (Å²) in [5, 5.41) is 6.70. The SMILES string of the molecule is Cl.O=C(Nc1ccc(Cl)cc1)c1nccnc1C(=O)N1C2CCNCC1CC2. The van der Waals surface area contributed by atoms with E-state index in [1.54, 1.807) is 24.3 Å². The van der Waals surface area contributed by atoms with E-state index >= 15 is 0 Å². The van der Waals surface area contributed by atoms with Gasteiger partial charge in [0.25, 0.3) is 11.8 Å². The van der Waals surface area contributed by atoms with Gasteiger partial charge in [-0.15, -0.1) is 12.4 Å². The van der Waals surface area contributed by atoms with Gasteiger partial charge in [0.1, 0.15) is 0 Å². The summed E-state index contributed by atoms with van der Waals surface area (Å²) in [7, 11) is 0. The maximum atomic E-state index is 13.2. The molecule has 1 aromatic carbocycles. The van der Waals surface area contributed by atoms with Crippen molar-refractivity contribution < 1.29 is 9.59 Å². The molecule has 2 saturated heterocycles. The van der Waals surface area contributed by atoms with Gasteiger partial charge in [-0.2, -0.15) is 0 Å². The normalized spacial score (nSPS) is 20.8. The summed E-state index contributed by atoms with van der Waals surface area (Å²) in [6.45, 7) is 1.67. The Bertz CT molecular complexity index is 848. The number of hydrogen-bond donors (Lipinski definition) is 2. The second kappa shape index (κ2) is 8.86. The number of fused-ring (bicyclic) bond motifs is 2. The fraction of sp³-hybridized carbons (Fsp3) is 0.368. The van der Waals surface area contributed by atoms with E-state index in [9.17, 15) is 9.59 Å². The van der Waals surface area contributed by atoms with Crippen molar-refractivity contribution in [3.05, 3.63) is 53.1 Å². The van der Waals surface area contributed by atoms with Gasteiger partial charge in [-0.1, -0.05) is 11.6 Å². The standard InChI is InChI=1S/C19H20ClN5O2.ClH/c20-12-1-3-13(4-2-12)24-18(26)16-17(23-10-9-22-16)19(27)25-14-5-6-15(25)11-21-8-7-14;/h1-4,9-10,14-15,21H,5-8,11H2,(H,24,26);1H. The molecule has 2 aromatic rings. The summed E-state index contributed by atoms with van der Waals surface area (Å²) in [4.78, 5) is 36.2. The molecule has 1 aromatic heterocycles. The van der Waals surface area contributed by atoms with Crippen molar-refractivity contribution in [2.75, 3.05) is 18.4 Å². The number of amides is 2. The van der Waals surface area contributed by atoms with Crippen LogP contribution in [-0.4, -0.2) is 51.9 Å². The highest BCUT2D eigenvalue weighted by molar-refractivity contribution is 6.30. The molecule has 7 nitrogen and oxygen atoms in total. The third-order valence-electron chi connectivity index (χ3n) is 5.11. The molecule has 2 fully saturated rings. The topological polar surface area (TPSA) is 87.2 Å². The molecular formula is C19H21Cl2N5O2. The van der Waals surface area contributed by atoms with Gasteiger partial charge in [0.15, 0.2) is 11.4 Å². The number of carbonyl (C=O) groups is 2. The number of hydrogen-bond acceptors (Lipinski definition) is 5. The molecule has 0 saturated carbocycles. The van der Waals surface area contributed by atoms with Crippen LogP contribution in [-0.2, 0) is 0 Å². The van der Waals surface area contributed by atoms with Crippen LogP contribution >= 0.6 is 24.0 Å². The number of carbonyl (C=O) groups excluding carboxylic acids is 2. The van der Waals surface area contributed by atoms with E-state index in [0.29, 0.717) is 10.7 Å². The van der Waals surface area contributed by atoms with E-state index in [0.717, 1.165) is 32.4 Å². The van der Waals surface area contributed by atoms with E-state index in [4.69, 9.17) is 11.6 Å². The van der Waals surface area contributed by atoms with Gasteiger partial charge in [0.05, 0.1) is 0 Å². The number of rotatable bonds is 3. The molecule has 0 radical (unpaired) electrons. The highest BCUT2D eigenvalue weighted by atomic mass is 35.5. The Kier molecular flexibility index (Phi) is 6.49. The maximum absolute atomic E-state index is 13.2. The molecule has 9 heteroatoms. The first kappa shape index (κ1) is 20.5. The fourth-order valence-electron chi connectivity index (χ4n) is 3.82. The first-order chi connectivity index (χ1) is 13.1. The zero-order chi connectivity index (χ0) is 18.8. The first-order valence-electron chi connectivity index (χ1n) is 9.05. The summed E-state index contributed by atoms with van der Waals surface area (Å²) in [6, 6.07) is 7.08. The molecule has 4 rings (SSSR count). The minimum Gasteiger partial charge on any atom is -0.330 e. The minimum atomic E-state index is -0.464. The minimum absolute atomic E-state index is 0. The van der Waals surface area contributed by atoms with Crippen molar-refractivity contribution >= 4 is 41.5 Å². The van der Waals surface area contributed by atoms with E-state index in [-0.39, 0.29) is 41.8 Å². The van der Waals surface area contributed by atoms with Crippen LogP contribution in [0.1, 0.15) is 40.2 Å². The number of nitrogens with zero attached hydrogens (tertiary/aromatic N) is 3. The molecular weight excluding hydrogens is 401 g/mol. The third-order valence-corrected chi connectivity index (χ3v) is 5.36. The molecule has 0 spiro atoms. The van der Waals surface area contributed by atoms with Crippen LogP contribution in [0.3, 0.4) is 0 Å². The Hall–Kier alpha value is -2.22. The van der Waals surface area contributed by atoms with Gasteiger partial charge >= 0.3 is 0 Å². The molecule has 148 valence electrons. The lowest BCUT2D eigenvalue weighted by Gasteiger charge is -2.27.